The van der Waals surface area contributed by atoms with E-state index in [1.165, 1.54) is 17.7 Å². The van der Waals surface area contributed by atoms with Crippen LogP contribution < -0.4 is 4.74 Å². The molecule has 0 aliphatic carbocycles. The second-order valence-corrected chi connectivity index (χ2v) is 7.31. The zero-order chi connectivity index (χ0) is 17.6. The van der Waals surface area contributed by atoms with Gasteiger partial charge < -0.3 is 9.29 Å². The predicted octanol–water partition coefficient (Wildman–Crippen LogP) is 4.12. The predicted molar refractivity (Wildman–Crippen MR) is 93.4 cm³/mol. The fraction of sp³-hybridized carbons (Fsp3) is 0.368. The lowest BCUT2D eigenvalue weighted by atomic mass is 9.99. The van der Waals surface area contributed by atoms with E-state index in [4.69, 9.17) is 4.74 Å². The number of ether oxygens (including phenoxy) is 1. The highest BCUT2D eigenvalue weighted by Gasteiger charge is 2.03. The molecule has 0 fully saturated rings. The van der Waals surface area contributed by atoms with Crippen molar-refractivity contribution in [2.75, 3.05) is 6.61 Å². The van der Waals surface area contributed by atoms with Gasteiger partial charge in [-0.25, -0.2) is 8.42 Å². The molecule has 2 rings (SSSR count). The van der Waals surface area contributed by atoms with Gasteiger partial charge in [0, 0.05) is 0 Å². The van der Waals surface area contributed by atoms with Gasteiger partial charge in [0.25, 0.3) is 0 Å². The first-order valence-electron chi connectivity index (χ1n) is 8.17. The first-order valence-corrected chi connectivity index (χ1v) is 9.58. The van der Waals surface area contributed by atoms with Crippen LogP contribution in [0.25, 0.3) is 0 Å². The lowest BCUT2D eigenvalue weighted by Crippen LogP contribution is -2.01. The molecular formula is C19H23O4S-. The lowest BCUT2D eigenvalue weighted by molar-refractivity contribution is 0.311. The van der Waals surface area contributed by atoms with E-state index in [1.54, 1.807) is 12.1 Å². The van der Waals surface area contributed by atoms with Crippen molar-refractivity contribution in [3.8, 4) is 5.75 Å². The average molecular weight is 347 g/mol. The summed E-state index contributed by atoms with van der Waals surface area (Å²) in [7, 11) is -4.37. The number of rotatable bonds is 8. The van der Waals surface area contributed by atoms with Crippen LogP contribution in [0.5, 0.6) is 5.75 Å². The van der Waals surface area contributed by atoms with E-state index in [2.05, 4.69) is 26.0 Å². The fourth-order valence-electron chi connectivity index (χ4n) is 2.42. The summed E-state index contributed by atoms with van der Waals surface area (Å²) in [5, 5.41) is 0. The lowest BCUT2D eigenvalue weighted by Gasteiger charge is -2.11. The van der Waals surface area contributed by atoms with Gasteiger partial charge in [-0.1, -0.05) is 38.1 Å². The molecule has 2 aromatic carbocycles. The Morgan fingerprint density at radius 2 is 1.67 bits per heavy atom. The monoisotopic (exact) mass is 347 g/mol. The fourth-order valence-corrected chi connectivity index (χ4v) is 2.89. The molecule has 1 unspecified atom stereocenters. The molecule has 4 nitrogen and oxygen atoms in total. The van der Waals surface area contributed by atoms with E-state index in [1.807, 2.05) is 12.1 Å². The minimum atomic E-state index is -4.37. The molecule has 0 bridgehead atoms. The molecule has 0 radical (unpaired) electrons. The summed E-state index contributed by atoms with van der Waals surface area (Å²) in [5.74, 6) is 1.41. The third-order valence-corrected chi connectivity index (χ3v) is 5.00. The molecule has 0 N–H and O–H groups in total. The quantitative estimate of drug-likeness (QED) is 0.532. The summed E-state index contributed by atoms with van der Waals surface area (Å²) < 4.78 is 38.3. The molecule has 5 heteroatoms. The SMILES string of the molecule is CCC(C)c1ccc(OCCCc2ccc(S(=O)(=O)[O-])cc2)cc1. The topological polar surface area (TPSA) is 66.4 Å². The molecule has 0 saturated heterocycles. The van der Waals surface area contributed by atoms with Crippen LogP contribution >= 0.6 is 0 Å². The van der Waals surface area contributed by atoms with Crippen LogP contribution in [0.1, 0.15) is 43.7 Å². The molecule has 0 aliphatic rings. The first-order chi connectivity index (χ1) is 11.4. The molecule has 24 heavy (non-hydrogen) atoms. The van der Waals surface area contributed by atoms with Gasteiger partial charge in [0.05, 0.1) is 11.5 Å². The Morgan fingerprint density at radius 1 is 1.04 bits per heavy atom. The third kappa shape index (κ3) is 5.35. The molecule has 0 aromatic heterocycles. The molecule has 0 heterocycles. The van der Waals surface area contributed by atoms with Crippen molar-refractivity contribution in [1.82, 2.24) is 0 Å². The van der Waals surface area contributed by atoms with E-state index in [9.17, 15) is 13.0 Å². The normalized spacial score (nSPS) is 12.8. The number of benzene rings is 2. The van der Waals surface area contributed by atoms with Crippen molar-refractivity contribution in [2.45, 2.75) is 43.9 Å². The standard InChI is InChI=1S/C19H24O4S/c1-3-15(2)17-8-10-18(11-9-17)23-14-4-5-16-6-12-19(13-7-16)24(20,21)22/h6-13,15H,3-5,14H2,1-2H3,(H,20,21,22)/p-1. The molecule has 0 aliphatic heterocycles. The van der Waals surface area contributed by atoms with Crippen LogP contribution in [0, 0.1) is 0 Å². The average Bonchev–Trinajstić information content (AvgIpc) is 2.58. The number of aryl methyl sites for hydroxylation is 1. The zero-order valence-corrected chi connectivity index (χ0v) is 14.9. The molecule has 0 amide bonds. The van der Waals surface area contributed by atoms with Crippen molar-refractivity contribution < 1.29 is 17.7 Å². The van der Waals surface area contributed by atoms with E-state index >= 15 is 0 Å². The van der Waals surface area contributed by atoms with E-state index in [0.29, 0.717) is 12.5 Å². The van der Waals surface area contributed by atoms with Crippen LogP contribution in [0.15, 0.2) is 53.4 Å². The second-order valence-electron chi connectivity index (χ2n) is 5.93. The summed E-state index contributed by atoms with van der Waals surface area (Å²) in [6.07, 6.45) is 2.70. The van der Waals surface area contributed by atoms with E-state index < -0.39 is 10.1 Å². The Bertz CT molecular complexity index is 734. The second kappa shape index (κ2) is 8.31. The van der Waals surface area contributed by atoms with Crippen LogP contribution in [0.3, 0.4) is 0 Å². The molecule has 2 aromatic rings. The zero-order valence-electron chi connectivity index (χ0n) is 14.1. The van der Waals surface area contributed by atoms with Crippen LogP contribution in [0.2, 0.25) is 0 Å². The van der Waals surface area contributed by atoms with Gasteiger partial charge in [-0.15, -0.1) is 0 Å². The van der Waals surface area contributed by atoms with Crippen molar-refractivity contribution >= 4 is 10.1 Å². The minimum absolute atomic E-state index is 0.191. The highest BCUT2D eigenvalue weighted by atomic mass is 32.2. The molecule has 1 atom stereocenters. The Morgan fingerprint density at radius 3 is 2.21 bits per heavy atom. The maximum atomic E-state index is 10.9. The number of hydrogen-bond acceptors (Lipinski definition) is 4. The van der Waals surface area contributed by atoms with Crippen molar-refractivity contribution in [3.05, 3.63) is 59.7 Å². The smallest absolute Gasteiger partial charge is 0.124 e. The maximum Gasteiger partial charge on any atom is 0.124 e. The van der Waals surface area contributed by atoms with Crippen LogP contribution in [0.4, 0.5) is 0 Å². The van der Waals surface area contributed by atoms with Crippen molar-refractivity contribution in [3.63, 3.8) is 0 Å². The Hall–Kier alpha value is -1.85. The van der Waals surface area contributed by atoms with Gasteiger partial charge >= 0.3 is 0 Å². The Balaban J connectivity index is 1.78. The van der Waals surface area contributed by atoms with Gasteiger partial charge in [-0.2, -0.15) is 0 Å². The van der Waals surface area contributed by atoms with E-state index in [0.717, 1.165) is 30.6 Å². The van der Waals surface area contributed by atoms with Crippen molar-refractivity contribution in [1.29, 1.82) is 0 Å². The largest absolute Gasteiger partial charge is 0.744 e. The Labute approximate surface area is 144 Å². The summed E-state index contributed by atoms with van der Waals surface area (Å²) in [6.45, 7) is 4.97. The summed E-state index contributed by atoms with van der Waals surface area (Å²) in [6, 6.07) is 14.2. The van der Waals surface area contributed by atoms with Gasteiger partial charge in [-0.05, 0) is 60.6 Å². The summed E-state index contributed by atoms with van der Waals surface area (Å²) in [5.41, 5.74) is 2.30. The molecule has 0 spiro atoms. The van der Waals surface area contributed by atoms with Crippen LogP contribution in [-0.4, -0.2) is 19.6 Å². The van der Waals surface area contributed by atoms with Crippen molar-refractivity contribution in [2.24, 2.45) is 0 Å². The Kier molecular flexibility index (Phi) is 6.40. The molecule has 0 saturated carbocycles. The summed E-state index contributed by atoms with van der Waals surface area (Å²) >= 11 is 0. The molecule has 130 valence electrons. The van der Waals surface area contributed by atoms with E-state index in [-0.39, 0.29) is 4.90 Å². The first kappa shape index (κ1) is 18.5. The third-order valence-electron chi connectivity index (χ3n) is 4.15. The minimum Gasteiger partial charge on any atom is -0.744 e. The molecular weight excluding hydrogens is 324 g/mol. The maximum absolute atomic E-state index is 10.9. The van der Waals surface area contributed by atoms with Gasteiger partial charge in [-0.3, -0.25) is 0 Å². The number of hydrogen-bond donors (Lipinski definition) is 0. The summed E-state index contributed by atoms with van der Waals surface area (Å²) in [4.78, 5) is -0.191. The highest BCUT2D eigenvalue weighted by molar-refractivity contribution is 7.85. The highest BCUT2D eigenvalue weighted by Crippen LogP contribution is 2.21. The van der Waals surface area contributed by atoms with Gasteiger partial charge in [0.1, 0.15) is 15.9 Å². The van der Waals surface area contributed by atoms with Gasteiger partial charge in [0.15, 0.2) is 0 Å². The van der Waals surface area contributed by atoms with Crippen LogP contribution in [-0.2, 0) is 16.5 Å². The van der Waals surface area contributed by atoms with Gasteiger partial charge in [0.2, 0.25) is 0 Å².